The van der Waals surface area contributed by atoms with Gasteiger partial charge in [0.1, 0.15) is 5.69 Å². The molecule has 0 unspecified atom stereocenters. The van der Waals surface area contributed by atoms with Gasteiger partial charge in [0, 0.05) is 12.7 Å². The molecular formula is C23H31F3N2O3S. The van der Waals surface area contributed by atoms with Crippen molar-refractivity contribution in [1.29, 1.82) is 0 Å². The van der Waals surface area contributed by atoms with Crippen molar-refractivity contribution in [2.24, 2.45) is 17.3 Å². The number of aryl methyl sites for hydroxylation is 1. The predicted octanol–water partition coefficient (Wildman–Crippen LogP) is 4.69. The SMILES string of the molecule is Cc1cc(C(F)(F)F)ncc1C(=O)NCC1(CC2CC2)CCC(S(=O)(=O)CC2CC2)CC1. The van der Waals surface area contributed by atoms with Crippen LogP contribution in [0.5, 0.6) is 0 Å². The molecule has 0 bridgehead atoms. The minimum absolute atomic E-state index is 0.139. The van der Waals surface area contributed by atoms with Crippen LogP contribution in [0.2, 0.25) is 0 Å². The molecule has 3 fully saturated rings. The molecule has 1 aromatic heterocycles. The van der Waals surface area contributed by atoms with E-state index in [1.165, 1.54) is 19.8 Å². The average molecular weight is 473 g/mol. The number of pyridine rings is 1. The second kappa shape index (κ2) is 8.61. The number of nitrogens with one attached hydrogen (secondary N) is 1. The Balaban J connectivity index is 1.40. The van der Waals surface area contributed by atoms with Crippen molar-refractivity contribution < 1.29 is 26.4 Å². The first kappa shape index (κ1) is 23.5. The Hall–Kier alpha value is -1.64. The van der Waals surface area contributed by atoms with E-state index in [0.29, 0.717) is 37.0 Å². The van der Waals surface area contributed by atoms with Crippen LogP contribution in [0.4, 0.5) is 13.2 Å². The van der Waals surface area contributed by atoms with Crippen LogP contribution in [-0.2, 0) is 16.0 Å². The fourth-order valence-electron chi connectivity index (χ4n) is 5.01. The number of hydrogen-bond acceptors (Lipinski definition) is 4. The van der Waals surface area contributed by atoms with Crippen LogP contribution in [0.1, 0.15) is 79.4 Å². The number of carbonyl (C=O) groups is 1. The van der Waals surface area contributed by atoms with E-state index in [1.807, 2.05) is 0 Å². The maximum Gasteiger partial charge on any atom is 0.433 e. The zero-order valence-electron chi connectivity index (χ0n) is 18.4. The van der Waals surface area contributed by atoms with Crippen LogP contribution in [0.3, 0.4) is 0 Å². The fraction of sp³-hybridized carbons (Fsp3) is 0.739. The second-order valence-corrected chi connectivity index (χ2v) is 12.5. The summed E-state index contributed by atoms with van der Waals surface area (Å²) in [6.45, 7) is 1.89. The van der Waals surface area contributed by atoms with Crippen LogP contribution in [0.15, 0.2) is 12.3 Å². The topological polar surface area (TPSA) is 76.1 Å². The van der Waals surface area contributed by atoms with Crippen LogP contribution in [0.25, 0.3) is 0 Å². The lowest BCUT2D eigenvalue weighted by Crippen LogP contribution is -2.43. The van der Waals surface area contributed by atoms with Crippen molar-refractivity contribution in [2.75, 3.05) is 12.3 Å². The van der Waals surface area contributed by atoms with Gasteiger partial charge in [-0.05, 0) is 80.8 Å². The number of carbonyl (C=O) groups excluding carboxylic acids is 1. The standard InChI is InChI=1S/C23H31F3N2O3S/c1-15-10-20(23(24,25)26)27-12-19(15)21(29)28-14-22(11-16-2-3-16)8-6-18(7-9-22)32(30,31)13-17-4-5-17/h10,12,16-18H,2-9,11,13-14H2,1H3,(H,28,29). The third-order valence-electron chi connectivity index (χ3n) is 7.35. The summed E-state index contributed by atoms with van der Waals surface area (Å²) in [6, 6.07) is 0.894. The van der Waals surface area contributed by atoms with Gasteiger partial charge in [-0.15, -0.1) is 0 Å². The molecule has 3 aliphatic rings. The molecule has 4 rings (SSSR count). The molecular weight excluding hydrogens is 441 g/mol. The molecule has 0 atom stereocenters. The van der Waals surface area contributed by atoms with Crippen molar-refractivity contribution in [2.45, 2.75) is 76.1 Å². The van der Waals surface area contributed by atoms with Gasteiger partial charge in [0.15, 0.2) is 9.84 Å². The first-order valence-corrected chi connectivity index (χ1v) is 13.2. The maximum atomic E-state index is 12.9. The highest BCUT2D eigenvalue weighted by Gasteiger charge is 2.44. The third-order valence-corrected chi connectivity index (χ3v) is 9.78. The molecule has 0 saturated heterocycles. The summed E-state index contributed by atoms with van der Waals surface area (Å²) in [5.41, 5.74) is -0.783. The average Bonchev–Trinajstić information content (AvgIpc) is 3.64. The summed E-state index contributed by atoms with van der Waals surface area (Å²) in [5.74, 6) is 0.853. The largest absolute Gasteiger partial charge is 0.433 e. The Morgan fingerprint density at radius 1 is 1.12 bits per heavy atom. The molecule has 1 aromatic rings. The monoisotopic (exact) mass is 472 g/mol. The molecule has 32 heavy (non-hydrogen) atoms. The molecule has 5 nitrogen and oxygen atoms in total. The molecule has 1 heterocycles. The molecule has 1 N–H and O–H groups in total. The van der Waals surface area contributed by atoms with E-state index in [0.717, 1.165) is 44.4 Å². The van der Waals surface area contributed by atoms with Gasteiger partial charge in [0.2, 0.25) is 0 Å². The molecule has 178 valence electrons. The molecule has 0 radical (unpaired) electrons. The van der Waals surface area contributed by atoms with E-state index < -0.39 is 27.6 Å². The Kier molecular flexibility index (Phi) is 6.33. The summed E-state index contributed by atoms with van der Waals surface area (Å²) in [7, 11) is -3.07. The minimum Gasteiger partial charge on any atom is -0.351 e. The summed E-state index contributed by atoms with van der Waals surface area (Å²) < 4.78 is 64.0. The van der Waals surface area contributed by atoms with Crippen LogP contribution in [-0.4, -0.2) is 36.9 Å². The highest BCUT2D eigenvalue weighted by molar-refractivity contribution is 7.92. The van der Waals surface area contributed by atoms with Gasteiger partial charge in [-0.2, -0.15) is 13.2 Å². The molecule has 0 aliphatic heterocycles. The minimum atomic E-state index is -4.55. The highest BCUT2D eigenvalue weighted by Crippen LogP contribution is 2.49. The molecule has 9 heteroatoms. The van der Waals surface area contributed by atoms with Crippen LogP contribution >= 0.6 is 0 Å². The van der Waals surface area contributed by atoms with E-state index in [4.69, 9.17) is 0 Å². The number of alkyl halides is 3. The van der Waals surface area contributed by atoms with Crippen LogP contribution in [0, 0.1) is 24.2 Å². The van der Waals surface area contributed by atoms with Crippen LogP contribution < -0.4 is 5.32 Å². The Labute approximate surface area is 187 Å². The first-order chi connectivity index (χ1) is 15.0. The second-order valence-electron chi connectivity index (χ2n) is 10.2. The zero-order chi connectivity index (χ0) is 23.1. The van der Waals surface area contributed by atoms with Gasteiger partial charge in [-0.1, -0.05) is 12.8 Å². The van der Waals surface area contributed by atoms with Crippen molar-refractivity contribution in [3.05, 3.63) is 29.1 Å². The van der Waals surface area contributed by atoms with Gasteiger partial charge in [-0.3, -0.25) is 9.78 Å². The quantitative estimate of drug-likeness (QED) is 0.595. The lowest BCUT2D eigenvalue weighted by atomic mass is 9.70. The van der Waals surface area contributed by atoms with Crippen molar-refractivity contribution in [3.63, 3.8) is 0 Å². The predicted molar refractivity (Wildman–Crippen MR) is 115 cm³/mol. The van der Waals surface area contributed by atoms with E-state index in [2.05, 4.69) is 10.3 Å². The number of aromatic nitrogens is 1. The van der Waals surface area contributed by atoms with Gasteiger partial charge >= 0.3 is 6.18 Å². The third kappa shape index (κ3) is 5.64. The van der Waals surface area contributed by atoms with E-state index in [9.17, 15) is 26.4 Å². The number of nitrogens with zero attached hydrogens (tertiary/aromatic N) is 1. The number of hydrogen-bond donors (Lipinski definition) is 1. The molecule has 3 saturated carbocycles. The summed E-state index contributed by atoms with van der Waals surface area (Å²) in [6.07, 6.45) is 4.52. The van der Waals surface area contributed by atoms with Crippen molar-refractivity contribution in [1.82, 2.24) is 10.3 Å². The molecule has 3 aliphatic carbocycles. The maximum absolute atomic E-state index is 12.9. The van der Waals surface area contributed by atoms with Gasteiger partial charge in [0.05, 0.1) is 16.6 Å². The summed E-state index contributed by atoms with van der Waals surface area (Å²) >= 11 is 0. The molecule has 0 aromatic carbocycles. The van der Waals surface area contributed by atoms with Crippen molar-refractivity contribution in [3.8, 4) is 0 Å². The Morgan fingerprint density at radius 2 is 1.75 bits per heavy atom. The first-order valence-electron chi connectivity index (χ1n) is 11.5. The zero-order valence-corrected chi connectivity index (χ0v) is 19.2. The van der Waals surface area contributed by atoms with E-state index >= 15 is 0 Å². The fourth-order valence-corrected chi connectivity index (χ4v) is 7.23. The molecule has 0 spiro atoms. The number of halogens is 3. The summed E-state index contributed by atoms with van der Waals surface area (Å²) in [5, 5.41) is 2.64. The normalized spacial score (nSPS) is 26.7. The Bertz CT molecular complexity index is 961. The van der Waals surface area contributed by atoms with E-state index in [1.54, 1.807) is 0 Å². The molecule has 1 amide bonds. The number of rotatable bonds is 8. The number of sulfone groups is 1. The lowest BCUT2D eigenvalue weighted by molar-refractivity contribution is -0.141. The lowest BCUT2D eigenvalue weighted by Gasteiger charge is -2.40. The van der Waals surface area contributed by atoms with Crippen molar-refractivity contribution >= 4 is 15.7 Å². The Morgan fingerprint density at radius 3 is 2.28 bits per heavy atom. The van der Waals surface area contributed by atoms with Gasteiger partial charge < -0.3 is 5.32 Å². The number of amides is 1. The highest BCUT2D eigenvalue weighted by atomic mass is 32.2. The smallest absolute Gasteiger partial charge is 0.351 e. The van der Waals surface area contributed by atoms with Gasteiger partial charge in [0.25, 0.3) is 5.91 Å². The van der Waals surface area contributed by atoms with Gasteiger partial charge in [-0.25, -0.2) is 8.42 Å². The van der Waals surface area contributed by atoms with E-state index in [-0.39, 0.29) is 21.8 Å². The summed E-state index contributed by atoms with van der Waals surface area (Å²) in [4.78, 5) is 16.2.